The fraction of sp³-hybridized carbons (Fsp3) is 0.333. The fourth-order valence-corrected chi connectivity index (χ4v) is 5.22. The number of aromatic nitrogens is 2. The molecule has 188 valence electrons. The van der Waals surface area contributed by atoms with E-state index >= 15 is 0 Å². The quantitative estimate of drug-likeness (QED) is 0.359. The Balaban J connectivity index is 1.79. The summed E-state index contributed by atoms with van der Waals surface area (Å²) in [6, 6.07) is 15.0. The average molecular weight is 507 g/mol. The first kappa shape index (κ1) is 25.4. The fourth-order valence-electron chi connectivity index (χ4n) is 4.89. The number of nitrogens with one attached hydrogen (secondary N) is 1. The largest absolute Gasteiger partial charge is 0.469 e. The van der Waals surface area contributed by atoms with Crippen LogP contribution in [0.2, 0.25) is 0 Å². The van der Waals surface area contributed by atoms with Crippen LogP contribution in [0.1, 0.15) is 57.9 Å². The molecule has 0 amide bonds. The number of ether oxygens (including phenoxy) is 2. The summed E-state index contributed by atoms with van der Waals surface area (Å²) in [5.41, 5.74) is 5.15. The van der Waals surface area contributed by atoms with E-state index in [4.69, 9.17) is 21.7 Å². The first-order chi connectivity index (χ1) is 17.4. The van der Waals surface area contributed by atoms with Crippen LogP contribution in [-0.2, 0) is 14.3 Å². The van der Waals surface area contributed by atoms with Gasteiger partial charge < -0.3 is 24.3 Å². The molecule has 1 aliphatic heterocycles. The van der Waals surface area contributed by atoms with E-state index in [1.165, 1.54) is 14.2 Å². The van der Waals surface area contributed by atoms with Crippen molar-refractivity contribution >= 4 is 29.3 Å². The van der Waals surface area contributed by atoms with E-state index in [0.717, 1.165) is 28.3 Å². The van der Waals surface area contributed by atoms with Gasteiger partial charge in [-0.3, -0.25) is 9.78 Å². The summed E-state index contributed by atoms with van der Waals surface area (Å²) >= 11 is 5.75. The van der Waals surface area contributed by atoms with Gasteiger partial charge in [-0.1, -0.05) is 18.2 Å². The monoisotopic (exact) mass is 506 g/mol. The van der Waals surface area contributed by atoms with Crippen LogP contribution >= 0.6 is 12.2 Å². The lowest BCUT2D eigenvalue weighted by atomic mass is 9.96. The van der Waals surface area contributed by atoms with Crippen molar-refractivity contribution in [1.82, 2.24) is 19.8 Å². The van der Waals surface area contributed by atoms with Crippen LogP contribution in [0.15, 0.2) is 54.7 Å². The summed E-state index contributed by atoms with van der Waals surface area (Å²) in [5.74, 6) is -0.636. The molecule has 1 aliphatic rings. The van der Waals surface area contributed by atoms with Crippen LogP contribution in [-0.4, -0.2) is 52.3 Å². The number of pyridine rings is 1. The van der Waals surface area contributed by atoms with Gasteiger partial charge in [0.1, 0.15) is 0 Å². The lowest BCUT2D eigenvalue weighted by molar-refractivity contribution is -0.140. The summed E-state index contributed by atoms with van der Waals surface area (Å²) < 4.78 is 11.9. The number of benzene rings is 1. The topological polar surface area (TPSA) is 85.7 Å². The van der Waals surface area contributed by atoms with Gasteiger partial charge in [-0.15, -0.1) is 0 Å². The Hall–Kier alpha value is -3.72. The molecule has 36 heavy (non-hydrogen) atoms. The highest BCUT2D eigenvalue weighted by Gasteiger charge is 2.41. The van der Waals surface area contributed by atoms with Crippen molar-refractivity contribution in [3.8, 4) is 5.69 Å². The van der Waals surface area contributed by atoms with E-state index in [0.29, 0.717) is 30.1 Å². The molecule has 2 aromatic heterocycles. The lowest BCUT2D eigenvalue weighted by Gasteiger charge is -2.28. The number of hydrogen-bond donors (Lipinski definition) is 1. The number of carbonyl (C=O) groups is 2. The molecular weight excluding hydrogens is 476 g/mol. The van der Waals surface area contributed by atoms with Gasteiger partial charge in [0.15, 0.2) is 5.11 Å². The second kappa shape index (κ2) is 10.9. The van der Waals surface area contributed by atoms with Crippen molar-refractivity contribution in [1.29, 1.82) is 0 Å². The van der Waals surface area contributed by atoms with Crippen LogP contribution < -0.4 is 5.32 Å². The van der Waals surface area contributed by atoms with Crippen molar-refractivity contribution in [3.05, 3.63) is 82.9 Å². The van der Waals surface area contributed by atoms with E-state index in [2.05, 4.69) is 25.8 Å². The molecule has 1 N–H and O–H groups in total. The van der Waals surface area contributed by atoms with Crippen molar-refractivity contribution in [2.75, 3.05) is 20.8 Å². The number of carbonyl (C=O) groups excluding carboxylic acids is 2. The van der Waals surface area contributed by atoms with E-state index < -0.39 is 0 Å². The summed E-state index contributed by atoms with van der Waals surface area (Å²) in [4.78, 5) is 31.0. The molecule has 9 heteroatoms. The zero-order valence-corrected chi connectivity index (χ0v) is 21.7. The summed E-state index contributed by atoms with van der Waals surface area (Å²) in [6.45, 7) is 4.64. The number of para-hydroxylation sites is 1. The van der Waals surface area contributed by atoms with Crippen LogP contribution in [0.25, 0.3) is 5.69 Å². The summed E-state index contributed by atoms with van der Waals surface area (Å²) in [5, 5.41) is 4.06. The second-order valence-corrected chi connectivity index (χ2v) is 9.06. The molecule has 0 bridgehead atoms. The molecule has 1 aromatic carbocycles. The number of hydrogen-bond acceptors (Lipinski definition) is 6. The highest BCUT2D eigenvalue weighted by atomic mass is 32.1. The number of esters is 2. The Morgan fingerprint density at radius 1 is 1.08 bits per heavy atom. The van der Waals surface area contributed by atoms with E-state index in [9.17, 15) is 9.59 Å². The Labute approximate surface area is 216 Å². The van der Waals surface area contributed by atoms with Crippen LogP contribution in [0.4, 0.5) is 0 Å². The first-order valence-corrected chi connectivity index (χ1v) is 12.2. The maximum atomic E-state index is 12.5. The standard InChI is InChI=1S/C27H30N4O4S/c1-17-16-20(18(2)31(17)22-12-6-5-10-19(22)26(33)35-4)25-24(21-11-7-8-14-28-21)29-27(36)30(25)15-9-13-23(32)34-3/h5-8,10-12,14,16,24-25H,9,13,15H2,1-4H3,(H,29,36)/t24-,25+/m1/s1. The Morgan fingerprint density at radius 3 is 2.53 bits per heavy atom. The third kappa shape index (κ3) is 4.83. The van der Waals surface area contributed by atoms with Crippen LogP contribution in [0.3, 0.4) is 0 Å². The maximum absolute atomic E-state index is 12.5. The third-order valence-corrected chi connectivity index (χ3v) is 6.90. The lowest BCUT2D eigenvalue weighted by Crippen LogP contribution is -2.31. The van der Waals surface area contributed by atoms with Gasteiger partial charge in [-0.2, -0.15) is 0 Å². The molecule has 2 atom stereocenters. The Kier molecular flexibility index (Phi) is 7.69. The number of methoxy groups -OCH3 is 2. The minimum atomic E-state index is -0.390. The molecule has 3 heterocycles. The van der Waals surface area contributed by atoms with Gasteiger partial charge in [0.2, 0.25) is 0 Å². The SMILES string of the molecule is COC(=O)CCCN1C(=S)N[C@H](c2ccccn2)[C@@H]1c1cc(C)n(-c2ccccc2C(=O)OC)c1C. The third-order valence-electron chi connectivity index (χ3n) is 6.54. The van der Waals surface area contributed by atoms with Gasteiger partial charge in [0, 0.05) is 30.6 Å². The number of thiocarbonyl (C=S) groups is 1. The van der Waals surface area contributed by atoms with Crippen LogP contribution in [0, 0.1) is 13.8 Å². The molecule has 1 fully saturated rings. The molecule has 0 unspecified atom stereocenters. The maximum Gasteiger partial charge on any atom is 0.339 e. The normalized spacial score (nSPS) is 17.1. The predicted molar refractivity (Wildman–Crippen MR) is 140 cm³/mol. The highest BCUT2D eigenvalue weighted by Crippen LogP contribution is 2.41. The van der Waals surface area contributed by atoms with Gasteiger partial charge in [0.25, 0.3) is 0 Å². The Morgan fingerprint density at radius 2 is 1.83 bits per heavy atom. The first-order valence-electron chi connectivity index (χ1n) is 11.8. The van der Waals surface area contributed by atoms with Crippen molar-refractivity contribution in [2.45, 2.75) is 38.8 Å². The second-order valence-electron chi connectivity index (χ2n) is 8.67. The number of nitrogens with zero attached hydrogens (tertiary/aromatic N) is 3. The van der Waals surface area contributed by atoms with Crippen molar-refractivity contribution in [2.24, 2.45) is 0 Å². The van der Waals surface area contributed by atoms with Crippen molar-refractivity contribution in [3.63, 3.8) is 0 Å². The van der Waals surface area contributed by atoms with Gasteiger partial charge in [-0.05, 0) is 68.4 Å². The number of aryl methyl sites for hydroxylation is 1. The molecule has 0 spiro atoms. The smallest absolute Gasteiger partial charge is 0.339 e. The van der Waals surface area contributed by atoms with E-state index in [1.54, 1.807) is 12.3 Å². The van der Waals surface area contributed by atoms with Crippen molar-refractivity contribution < 1.29 is 19.1 Å². The molecule has 1 saturated heterocycles. The minimum absolute atomic E-state index is 0.157. The predicted octanol–water partition coefficient (Wildman–Crippen LogP) is 4.20. The van der Waals surface area contributed by atoms with Gasteiger partial charge in [-0.25, -0.2) is 4.79 Å². The van der Waals surface area contributed by atoms with Crippen LogP contribution in [0.5, 0.6) is 0 Å². The molecular formula is C27H30N4O4S. The van der Waals surface area contributed by atoms with Gasteiger partial charge in [0.05, 0.1) is 43.2 Å². The van der Waals surface area contributed by atoms with Gasteiger partial charge >= 0.3 is 11.9 Å². The zero-order chi connectivity index (χ0) is 25.8. The molecule has 0 radical (unpaired) electrons. The molecule has 8 nitrogen and oxygen atoms in total. The molecule has 4 rings (SSSR count). The van der Waals surface area contributed by atoms with E-state index in [1.807, 2.05) is 50.2 Å². The van der Waals surface area contributed by atoms with E-state index in [-0.39, 0.29) is 24.0 Å². The molecule has 0 saturated carbocycles. The number of rotatable bonds is 8. The summed E-state index contributed by atoms with van der Waals surface area (Å²) in [7, 11) is 2.78. The average Bonchev–Trinajstić information content (AvgIpc) is 3.38. The molecule has 0 aliphatic carbocycles. The minimum Gasteiger partial charge on any atom is -0.469 e. The Bertz CT molecular complexity index is 1270. The molecule has 3 aromatic rings. The zero-order valence-electron chi connectivity index (χ0n) is 20.9. The summed E-state index contributed by atoms with van der Waals surface area (Å²) in [6.07, 6.45) is 2.68. The highest BCUT2D eigenvalue weighted by molar-refractivity contribution is 7.80.